The number of rotatable bonds is 6. The van der Waals surface area contributed by atoms with E-state index >= 15 is 0 Å². The Balaban J connectivity index is 1.50. The van der Waals surface area contributed by atoms with Crippen molar-refractivity contribution in [2.24, 2.45) is 5.10 Å². The van der Waals surface area contributed by atoms with Crippen LogP contribution in [0.3, 0.4) is 0 Å². The second-order valence-corrected chi connectivity index (χ2v) is 8.76. The number of likely N-dealkylation sites (tertiary alicyclic amines) is 1. The van der Waals surface area contributed by atoms with Crippen molar-refractivity contribution in [3.05, 3.63) is 53.5 Å². The molecule has 1 aliphatic rings. The van der Waals surface area contributed by atoms with Crippen LogP contribution in [0.5, 0.6) is 0 Å². The minimum absolute atomic E-state index is 0.0378. The van der Waals surface area contributed by atoms with Crippen LogP contribution in [-0.4, -0.2) is 44.4 Å². The lowest BCUT2D eigenvalue weighted by Crippen LogP contribution is -2.43. The number of hydrogen-bond donors (Lipinski definition) is 2. The summed E-state index contributed by atoms with van der Waals surface area (Å²) >= 11 is 0. The molecule has 1 aliphatic heterocycles. The predicted molar refractivity (Wildman–Crippen MR) is 110 cm³/mol. The van der Waals surface area contributed by atoms with Crippen LogP contribution in [0.2, 0.25) is 0 Å². The van der Waals surface area contributed by atoms with E-state index in [4.69, 9.17) is 4.42 Å². The molecule has 160 valence electrons. The lowest BCUT2D eigenvalue weighted by atomic mass is 10.1. The van der Waals surface area contributed by atoms with Gasteiger partial charge in [-0.2, -0.15) is 5.10 Å². The van der Waals surface area contributed by atoms with E-state index in [1.165, 1.54) is 23.2 Å². The minimum Gasteiger partial charge on any atom is -0.459 e. The molecule has 0 unspecified atom stereocenters. The van der Waals surface area contributed by atoms with Crippen molar-refractivity contribution in [3.8, 4) is 0 Å². The zero-order valence-corrected chi connectivity index (χ0v) is 17.4. The molecule has 1 fully saturated rings. The number of aryl methyl sites for hydroxylation is 1. The topological polar surface area (TPSA) is 121 Å². The average molecular weight is 433 g/mol. The van der Waals surface area contributed by atoms with Crippen molar-refractivity contribution in [2.75, 3.05) is 13.1 Å². The number of hydrogen-bond acceptors (Lipinski definition) is 6. The van der Waals surface area contributed by atoms with Gasteiger partial charge in [0.1, 0.15) is 11.5 Å². The van der Waals surface area contributed by atoms with E-state index in [1.807, 2.05) is 6.92 Å². The maximum atomic E-state index is 12.3. The first-order valence-electron chi connectivity index (χ1n) is 9.62. The summed E-state index contributed by atoms with van der Waals surface area (Å²) in [7, 11) is -3.66. The van der Waals surface area contributed by atoms with E-state index in [2.05, 4.69) is 15.2 Å². The van der Waals surface area contributed by atoms with Crippen molar-refractivity contribution in [1.29, 1.82) is 0 Å². The molecule has 0 spiro atoms. The van der Waals surface area contributed by atoms with Gasteiger partial charge in [-0.25, -0.2) is 18.6 Å². The third-order valence-electron chi connectivity index (χ3n) is 4.65. The first-order chi connectivity index (χ1) is 14.3. The smallest absolute Gasteiger partial charge is 0.329 e. The van der Waals surface area contributed by atoms with Crippen LogP contribution in [0.1, 0.15) is 36.3 Å². The van der Waals surface area contributed by atoms with Crippen LogP contribution in [0, 0.1) is 6.92 Å². The summed E-state index contributed by atoms with van der Waals surface area (Å²) in [6.07, 6.45) is 4.10. The number of carbonyl (C=O) groups is 2. The molecule has 1 saturated heterocycles. The number of amides is 2. The maximum Gasteiger partial charge on any atom is 0.329 e. The highest BCUT2D eigenvalue weighted by molar-refractivity contribution is 7.89. The van der Waals surface area contributed by atoms with Crippen molar-refractivity contribution in [3.63, 3.8) is 0 Å². The molecule has 0 saturated carbocycles. The summed E-state index contributed by atoms with van der Waals surface area (Å²) in [6.45, 7) is 3.00. The van der Waals surface area contributed by atoms with Crippen LogP contribution in [-0.2, 0) is 26.2 Å². The highest BCUT2D eigenvalue weighted by Crippen LogP contribution is 2.12. The Morgan fingerprint density at radius 3 is 2.50 bits per heavy atom. The van der Waals surface area contributed by atoms with Gasteiger partial charge in [-0.3, -0.25) is 9.59 Å². The molecule has 2 aromatic rings. The van der Waals surface area contributed by atoms with E-state index < -0.39 is 21.8 Å². The Hall–Kier alpha value is -2.98. The van der Waals surface area contributed by atoms with E-state index in [-0.39, 0.29) is 11.4 Å². The normalized spacial score (nSPS) is 14.8. The van der Waals surface area contributed by atoms with E-state index in [1.54, 1.807) is 24.3 Å². The Kier molecular flexibility index (Phi) is 7.01. The standard InChI is InChI=1S/C20H24N4O5S/c1-15-5-9-18(10-6-15)30(27,28)22-14-17-8-7-16(29-17)13-21-23-19(25)20(26)24-11-3-2-4-12-24/h5-10,13,22H,2-4,11-12,14H2,1H3,(H,23,25)/b21-13+. The molecule has 2 N–H and O–H groups in total. The molecule has 0 bridgehead atoms. The Morgan fingerprint density at radius 2 is 1.80 bits per heavy atom. The van der Waals surface area contributed by atoms with Gasteiger partial charge in [0.2, 0.25) is 10.0 Å². The summed E-state index contributed by atoms with van der Waals surface area (Å²) in [5.74, 6) is -0.712. The fraction of sp³-hybridized carbons (Fsp3) is 0.350. The van der Waals surface area contributed by atoms with Crippen molar-refractivity contribution in [2.45, 2.75) is 37.6 Å². The second kappa shape index (κ2) is 9.68. The molecule has 3 rings (SSSR count). The fourth-order valence-electron chi connectivity index (χ4n) is 2.97. The summed E-state index contributed by atoms with van der Waals surface area (Å²) in [5, 5.41) is 3.73. The van der Waals surface area contributed by atoms with Gasteiger partial charge in [-0.05, 0) is 50.5 Å². The molecular formula is C20H24N4O5S. The Labute approximate surface area is 175 Å². The molecule has 0 atom stereocenters. The molecular weight excluding hydrogens is 408 g/mol. The van der Waals surface area contributed by atoms with E-state index in [0.29, 0.717) is 24.6 Å². The number of carbonyl (C=O) groups excluding carboxylic acids is 2. The van der Waals surface area contributed by atoms with Gasteiger partial charge in [-0.1, -0.05) is 17.7 Å². The largest absolute Gasteiger partial charge is 0.459 e. The van der Waals surface area contributed by atoms with Crippen LogP contribution >= 0.6 is 0 Å². The van der Waals surface area contributed by atoms with E-state index in [0.717, 1.165) is 24.8 Å². The summed E-state index contributed by atoms with van der Waals surface area (Å²) in [4.78, 5) is 25.6. The monoisotopic (exact) mass is 432 g/mol. The molecule has 9 nitrogen and oxygen atoms in total. The summed E-state index contributed by atoms with van der Waals surface area (Å²) < 4.78 is 32.5. The van der Waals surface area contributed by atoms with E-state index in [9.17, 15) is 18.0 Å². The zero-order valence-electron chi connectivity index (χ0n) is 16.6. The van der Waals surface area contributed by atoms with Crippen molar-refractivity contribution < 1.29 is 22.4 Å². The van der Waals surface area contributed by atoms with Crippen LogP contribution in [0.15, 0.2) is 50.8 Å². The number of piperidine rings is 1. The number of benzene rings is 1. The maximum absolute atomic E-state index is 12.3. The predicted octanol–water partition coefficient (Wildman–Crippen LogP) is 1.53. The van der Waals surface area contributed by atoms with Gasteiger partial charge in [0.05, 0.1) is 17.7 Å². The van der Waals surface area contributed by atoms with Gasteiger partial charge in [0.25, 0.3) is 0 Å². The molecule has 1 aromatic heterocycles. The lowest BCUT2D eigenvalue weighted by molar-refractivity contribution is -0.146. The number of nitrogens with one attached hydrogen (secondary N) is 2. The van der Waals surface area contributed by atoms with Crippen molar-refractivity contribution >= 4 is 28.1 Å². The van der Waals surface area contributed by atoms with Gasteiger partial charge in [-0.15, -0.1) is 0 Å². The van der Waals surface area contributed by atoms with Crippen LogP contribution in [0.25, 0.3) is 0 Å². The molecule has 0 radical (unpaired) electrons. The van der Waals surface area contributed by atoms with Crippen molar-refractivity contribution in [1.82, 2.24) is 15.0 Å². The Bertz CT molecular complexity index is 1020. The molecule has 0 aliphatic carbocycles. The van der Waals surface area contributed by atoms with Gasteiger partial charge in [0.15, 0.2) is 0 Å². The number of furan rings is 1. The number of hydrazone groups is 1. The van der Waals surface area contributed by atoms with Crippen LogP contribution < -0.4 is 10.1 Å². The van der Waals surface area contributed by atoms with Gasteiger partial charge >= 0.3 is 11.8 Å². The molecule has 2 heterocycles. The number of sulfonamides is 1. The first kappa shape index (κ1) is 21.7. The van der Waals surface area contributed by atoms with Gasteiger partial charge in [0, 0.05) is 13.1 Å². The highest BCUT2D eigenvalue weighted by Gasteiger charge is 2.22. The SMILES string of the molecule is Cc1ccc(S(=O)(=O)NCc2ccc(/C=N/NC(=O)C(=O)N3CCCCC3)o2)cc1. The Morgan fingerprint density at radius 1 is 1.10 bits per heavy atom. The third-order valence-corrected chi connectivity index (χ3v) is 6.06. The quantitative estimate of drug-likeness (QED) is 0.407. The van der Waals surface area contributed by atoms with Crippen LogP contribution in [0.4, 0.5) is 0 Å². The third kappa shape index (κ3) is 5.77. The molecule has 30 heavy (non-hydrogen) atoms. The highest BCUT2D eigenvalue weighted by atomic mass is 32.2. The molecule has 10 heteroatoms. The summed E-state index contributed by atoms with van der Waals surface area (Å²) in [6, 6.07) is 9.69. The average Bonchev–Trinajstić information content (AvgIpc) is 3.20. The number of nitrogens with zero attached hydrogens (tertiary/aromatic N) is 2. The first-order valence-corrected chi connectivity index (χ1v) is 11.1. The van der Waals surface area contributed by atoms with Gasteiger partial charge < -0.3 is 9.32 Å². The molecule has 2 amide bonds. The lowest BCUT2D eigenvalue weighted by Gasteiger charge is -2.25. The minimum atomic E-state index is -3.66. The molecule has 1 aromatic carbocycles. The fourth-order valence-corrected chi connectivity index (χ4v) is 3.96. The second-order valence-electron chi connectivity index (χ2n) is 6.99. The zero-order chi connectivity index (χ0) is 21.6. The summed E-state index contributed by atoms with van der Waals surface area (Å²) in [5.41, 5.74) is 3.15.